The van der Waals surface area contributed by atoms with Gasteiger partial charge in [0.05, 0.1) is 10.7 Å². The van der Waals surface area contributed by atoms with Crippen LogP contribution in [0.15, 0.2) is 52.1 Å². The maximum absolute atomic E-state index is 12.3. The fourth-order valence-electron chi connectivity index (χ4n) is 2.70. The molecular weight excluding hydrogens is 458 g/mol. The van der Waals surface area contributed by atoms with Crippen LogP contribution in [0.25, 0.3) is 11.4 Å². The maximum atomic E-state index is 12.3. The Bertz CT molecular complexity index is 1050. The zero-order valence-corrected chi connectivity index (χ0v) is 18.2. The third-order valence-electron chi connectivity index (χ3n) is 4.16. The molecule has 3 aromatic rings. The number of anilines is 1. The number of nitro groups is 1. The van der Waals surface area contributed by atoms with Crippen molar-refractivity contribution in [2.45, 2.75) is 25.5 Å². The Morgan fingerprint density at radius 2 is 1.97 bits per heavy atom. The lowest BCUT2D eigenvalue weighted by molar-refractivity contribution is -0.385. The molecule has 29 heavy (non-hydrogen) atoms. The molecule has 0 aliphatic heterocycles. The number of nitro benzene ring substituents is 1. The lowest BCUT2D eigenvalue weighted by atomic mass is 10.2. The number of benzene rings is 2. The second-order valence-electron chi connectivity index (χ2n) is 6.15. The highest BCUT2D eigenvalue weighted by atomic mass is 79.9. The minimum Gasteiger partial charge on any atom is -0.325 e. The van der Waals surface area contributed by atoms with Crippen molar-refractivity contribution in [1.82, 2.24) is 14.8 Å². The van der Waals surface area contributed by atoms with Gasteiger partial charge in [-0.2, -0.15) is 0 Å². The van der Waals surface area contributed by atoms with Crippen molar-refractivity contribution in [3.63, 3.8) is 0 Å². The average molecular weight is 476 g/mol. The zero-order valence-electron chi connectivity index (χ0n) is 15.8. The number of nitrogens with zero attached hydrogens (tertiary/aromatic N) is 4. The molecular formula is C19H18BrN5O3S. The number of rotatable bonds is 7. The number of nitrogens with one attached hydrogen (secondary N) is 1. The van der Waals surface area contributed by atoms with Gasteiger partial charge in [-0.15, -0.1) is 10.2 Å². The van der Waals surface area contributed by atoms with E-state index in [1.165, 1.54) is 17.8 Å². The van der Waals surface area contributed by atoms with Crippen molar-refractivity contribution in [2.75, 3.05) is 11.1 Å². The average Bonchev–Trinajstić information content (AvgIpc) is 3.11. The number of hydrogen-bond acceptors (Lipinski definition) is 6. The van der Waals surface area contributed by atoms with E-state index in [9.17, 15) is 14.9 Å². The molecule has 1 amide bonds. The van der Waals surface area contributed by atoms with Crippen molar-refractivity contribution in [3.05, 3.63) is 62.6 Å². The van der Waals surface area contributed by atoms with E-state index >= 15 is 0 Å². The van der Waals surface area contributed by atoms with Crippen LogP contribution in [0.1, 0.15) is 12.5 Å². The topological polar surface area (TPSA) is 103 Å². The molecule has 0 saturated carbocycles. The molecule has 8 nitrogen and oxygen atoms in total. The third kappa shape index (κ3) is 5.01. The van der Waals surface area contributed by atoms with Gasteiger partial charge in [0.25, 0.3) is 5.69 Å². The van der Waals surface area contributed by atoms with Gasteiger partial charge < -0.3 is 9.88 Å². The van der Waals surface area contributed by atoms with Gasteiger partial charge in [0.15, 0.2) is 11.0 Å². The van der Waals surface area contributed by atoms with Crippen molar-refractivity contribution >= 4 is 45.0 Å². The SMILES string of the molecule is CCn1c(SCC(=O)Nc2ccc(C)c([N+](=O)[O-])c2)nnc1-c1ccc(Br)cc1. The van der Waals surface area contributed by atoms with E-state index < -0.39 is 4.92 Å². The molecule has 0 radical (unpaired) electrons. The summed E-state index contributed by atoms with van der Waals surface area (Å²) in [6.45, 7) is 4.30. The second-order valence-corrected chi connectivity index (χ2v) is 8.01. The number of halogens is 1. The number of aryl methyl sites for hydroxylation is 1. The predicted octanol–water partition coefficient (Wildman–Crippen LogP) is 4.67. The molecule has 0 aliphatic carbocycles. The van der Waals surface area contributed by atoms with E-state index in [0.717, 1.165) is 15.9 Å². The van der Waals surface area contributed by atoms with Crippen LogP contribution >= 0.6 is 27.7 Å². The molecule has 0 atom stereocenters. The molecule has 2 aromatic carbocycles. The Kier molecular flexibility index (Phi) is 6.65. The molecule has 150 valence electrons. The first-order chi connectivity index (χ1) is 13.9. The van der Waals surface area contributed by atoms with E-state index in [4.69, 9.17) is 0 Å². The summed E-state index contributed by atoms with van der Waals surface area (Å²) in [5.41, 5.74) is 1.84. The summed E-state index contributed by atoms with van der Waals surface area (Å²) in [6.07, 6.45) is 0. The molecule has 1 aromatic heterocycles. The number of hydrogen-bond donors (Lipinski definition) is 1. The Hall–Kier alpha value is -2.72. The van der Waals surface area contributed by atoms with Crippen LogP contribution in [0.5, 0.6) is 0 Å². The highest BCUT2D eigenvalue weighted by Crippen LogP contribution is 2.26. The standard InChI is InChI=1S/C19H18BrN5O3S/c1-3-24-18(13-5-7-14(20)8-6-13)22-23-19(24)29-11-17(26)21-15-9-4-12(2)16(10-15)25(27)28/h4-10H,3,11H2,1-2H3,(H,21,26). The Labute approximate surface area is 180 Å². The van der Waals surface area contributed by atoms with Crippen LogP contribution in [-0.2, 0) is 11.3 Å². The molecule has 0 saturated heterocycles. The van der Waals surface area contributed by atoms with E-state index in [0.29, 0.717) is 23.0 Å². The number of amides is 1. The molecule has 0 spiro atoms. The van der Waals surface area contributed by atoms with Crippen LogP contribution in [0.2, 0.25) is 0 Å². The van der Waals surface area contributed by atoms with Crippen molar-refractivity contribution < 1.29 is 9.72 Å². The first-order valence-electron chi connectivity index (χ1n) is 8.76. The lowest BCUT2D eigenvalue weighted by Crippen LogP contribution is -2.15. The van der Waals surface area contributed by atoms with Crippen molar-refractivity contribution in [1.29, 1.82) is 0 Å². The normalized spacial score (nSPS) is 10.7. The van der Waals surface area contributed by atoms with Gasteiger partial charge in [0.2, 0.25) is 5.91 Å². The fourth-order valence-corrected chi connectivity index (χ4v) is 3.77. The van der Waals surface area contributed by atoms with Crippen LogP contribution in [0.3, 0.4) is 0 Å². The molecule has 1 N–H and O–H groups in total. The highest BCUT2D eigenvalue weighted by molar-refractivity contribution is 9.10. The van der Waals surface area contributed by atoms with Gasteiger partial charge >= 0.3 is 0 Å². The number of thioether (sulfide) groups is 1. The largest absolute Gasteiger partial charge is 0.325 e. The second kappa shape index (κ2) is 9.19. The Balaban J connectivity index is 1.68. The van der Waals surface area contributed by atoms with Gasteiger partial charge in [-0.1, -0.05) is 45.9 Å². The molecule has 3 rings (SSSR count). The summed E-state index contributed by atoms with van der Waals surface area (Å²) >= 11 is 4.68. The Morgan fingerprint density at radius 3 is 2.62 bits per heavy atom. The van der Waals surface area contributed by atoms with Gasteiger partial charge in [0, 0.05) is 33.9 Å². The molecule has 0 fully saturated rings. The quantitative estimate of drug-likeness (QED) is 0.302. The number of carbonyl (C=O) groups is 1. The Morgan fingerprint density at radius 1 is 1.24 bits per heavy atom. The maximum Gasteiger partial charge on any atom is 0.274 e. The molecule has 0 aliphatic rings. The van der Waals surface area contributed by atoms with Crippen molar-refractivity contribution in [2.24, 2.45) is 0 Å². The number of aromatic nitrogens is 3. The minimum atomic E-state index is -0.465. The van der Waals surface area contributed by atoms with E-state index in [1.807, 2.05) is 35.8 Å². The van der Waals surface area contributed by atoms with Gasteiger partial charge in [-0.3, -0.25) is 14.9 Å². The van der Waals surface area contributed by atoms with Crippen LogP contribution in [-0.4, -0.2) is 31.3 Å². The molecule has 1 heterocycles. The van der Waals surface area contributed by atoms with E-state index in [1.54, 1.807) is 19.1 Å². The van der Waals surface area contributed by atoms with E-state index in [2.05, 4.69) is 31.4 Å². The van der Waals surface area contributed by atoms with Gasteiger partial charge in [-0.05, 0) is 32.0 Å². The summed E-state index contributed by atoms with van der Waals surface area (Å²) in [5.74, 6) is 0.571. The summed E-state index contributed by atoms with van der Waals surface area (Å²) in [6, 6.07) is 12.4. The summed E-state index contributed by atoms with van der Waals surface area (Å²) in [5, 5.41) is 22.8. The fraction of sp³-hybridized carbons (Fsp3) is 0.211. The summed E-state index contributed by atoms with van der Waals surface area (Å²) in [4.78, 5) is 22.9. The first kappa shape index (κ1) is 21.0. The summed E-state index contributed by atoms with van der Waals surface area (Å²) < 4.78 is 2.92. The van der Waals surface area contributed by atoms with E-state index in [-0.39, 0.29) is 17.3 Å². The predicted molar refractivity (Wildman–Crippen MR) is 116 cm³/mol. The number of carbonyl (C=O) groups excluding carboxylic acids is 1. The summed E-state index contributed by atoms with van der Waals surface area (Å²) in [7, 11) is 0. The molecule has 0 bridgehead atoms. The van der Waals surface area contributed by atoms with Crippen LogP contribution in [0.4, 0.5) is 11.4 Å². The molecule has 0 unspecified atom stereocenters. The highest BCUT2D eigenvalue weighted by Gasteiger charge is 2.16. The van der Waals surface area contributed by atoms with Gasteiger partial charge in [-0.25, -0.2) is 0 Å². The minimum absolute atomic E-state index is 0.0275. The van der Waals surface area contributed by atoms with Crippen LogP contribution < -0.4 is 5.32 Å². The van der Waals surface area contributed by atoms with Crippen LogP contribution in [0, 0.1) is 17.0 Å². The van der Waals surface area contributed by atoms with Crippen molar-refractivity contribution in [3.8, 4) is 11.4 Å². The molecule has 10 heteroatoms. The first-order valence-corrected chi connectivity index (χ1v) is 10.5. The zero-order chi connectivity index (χ0) is 21.0. The van der Waals surface area contributed by atoms with Gasteiger partial charge in [0.1, 0.15) is 0 Å². The lowest BCUT2D eigenvalue weighted by Gasteiger charge is -2.08. The third-order valence-corrected chi connectivity index (χ3v) is 5.65. The smallest absolute Gasteiger partial charge is 0.274 e. The monoisotopic (exact) mass is 475 g/mol.